The van der Waals surface area contributed by atoms with Crippen LogP contribution >= 0.6 is 0 Å². The smallest absolute Gasteiger partial charge is 0.412 e. The molecule has 15 nitrogen and oxygen atoms in total. The molecule has 0 unspecified atom stereocenters. The Morgan fingerprint density at radius 2 is 1.70 bits per heavy atom. The van der Waals surface area contributed by atoms with Crippen LogP contribution < -0.4 is 21.1 Å². The minimum atomic E-state index is -1.09. The van der Waals surface area contributed by atoms with E-state index in [1.54, 1.807) is 78.0 Å². The molecule has 0 spiro atoms. The number of hydrogen-bond acceptors (Lipinski definition) is 12. The normalized spacial score (nSPS) is 21.1. The number of aliphatic hydroxyl groups is 1. The van der Waals surface area contributed by atoms with Crippen molar-refractivity contribution in [2.75, 3.05) is 24.9 Å². The molecule has 5 atom stereocenters. The number of nitrogens with one attached hydrogen (secondary N) is 2. The molecule has 0 aliphatic carbocycles. The molecule has 1 aliphatic heterocycles. The first-order valence-electron chi connectivity index (χ1n) is 17.8. The van der Waals surface area contributed by atoms with E-state index in [1.807, 2.05) is 0 Å². The van der Waals surface area contributed by atoms with Crippen LogP contribution in [0, 0.1) is 11.3 Å². The minimum absolute atomic E-state index is 0.0678. The van der Waals surface area contributed by atoms with Crippen LogP contribution in [0.2, 0.25) is 0 Å². The fourth-order valence-electron chi connectivity index (χ4n) is 5.61. The number of anilines is 2. The van der Waals surface area contributed by atoms with Gasteiger partial charge >= 0.3 is 18.2 Å². The number of phenolic OH excluding ortho intramolecular Hbond substituents is 2. The first-order chi connectivity index (χ1) is 26.2. The molecule has 7 N–H and O–H groups in total. The number of carbonyl (C=O) groups excluding carboxylic acids is 4. The SMILES string of the molecule is CO[C@H]1C=CC=C(C)C(=O)Nc2cc(O)c(NC(=O)OCc3ccc(OC(=O)C(C)(C)C)cc3)c(c2O)C=C(C)C[C@H](OC)[C@H](O)[C@@H](C)C=C(C)[C@@H]1OC(N)=O. The van der Waals surface area contributed by atoms with Crippen molar-refractivity contribution in [3.8, 4) is 17.2 Å². The molecular weight excluding hydrogens is 726 g/mol. The van der Waals surface area contributed by atoms with Crippen LogP contribution in [0.25, 0.3) is 6.08 Å². The van der Waals surface area contributed by atoms with Crippen molar-refractivity contribution in [2.45, 2.75) is 85.9 Å². The Hall–Kier alpha value is -5.64. The van der Waals surface area contributed by atoms with Crippen molar-refractivity contribution in [2.24, 2.45) is 17.1 Å². The van der Waals surface area contributed by atoms with Gasteiger partial charge in [0.1, 0.15) is 30.0 Å². The van der Waals surface area contributed by atoms with Crippen LogP contribution in [0.4, 0.5) is 21.0 Å². The molecular formula is C41H53N3O12. The van der Waals surface area contributed by atoms with Gasteiger partial charge in [-0.15, -0.1) is 0 Å². The van der Waals surface area contributed by atoms with E-state index in [1.165, 1.54) is 39.4 Å². The maximum Gasteiger partial charge on any atom is 0.412 e. The number of carbonyl (C=O) groups is 4. The predicted molar refractivity (Wildman–Crippen MR) is 210 cm³/mol. The van der Waals surface area contributed by atoms with Crippen molar-refractivity contribution < 1.29 is 58.2 Å². The summed E-state index contributed by atoms with van der Waals surface area (Å²) in [5, 5.41) is 39.1. The van der Waals surface area contributed by atoms with E-state index < -0.39 is 71.3 Å². The second kappa shape index (κ2) is 19.8. The number of allylic oxidation sites excluding steroid dienone is 2. The molecule has 0 radical (unpaired) electrons. The number of benzene rings is 2. The Bertz CT molecular complexity index is 1870. The van der Waals surface area contributed by atoms with Crippen LogP contribution in [-0.2, 0) is 35.1 Å². The Balaban J connectivity index is 2.01. The summed E-state index contributed by atoms with van der Waals surface area (Å²) in [6.07, 6.45) is 2.14. The molecule has 56 heavy (non-hydrogen) atoms. The topological polar surface area (TPSA) is 225 Å². The molecule has 1 aliphatic rings. The number of rotatable bonds is 7. The van der Waals surface area contributed by atoms with E-state index >= 15 is 0 Å². The van der Waals surface area contributed by atoms with Crippen LogP contribution in [-0.4, -0.2) is 78.0 Å². The molecule has 0 aromatic heterocycles. The van der Waals surface area contributed by atoms with E-state index in [4.69, 9.17) is 29.4 Å². The molecule has 304 valence electrons. The zero-order valence-corrected chi connectivity index (χ0v) is 33.2. The summed E-state index contributed by atoms with van der Waals surface area (Å²) in [5.74, 6) is -2.25. The number of primary amides is 1. The quantitative estimate of drug-likeness (QED) is 0.0584. The number of esters is 1. The van der Waals surface area contributed by atoms with E-state index in [0.29, 0.717) is 22.5 Å². The number of methoxy groups -OCH3 is 2. The number of ether oxygens (including phenoxy) is 5. The number of hydrogen-bond donors (Lipinski definition) is 6. The second-order valence-electron chi connectivity index (χ2n) is 14.5. The van der Waals surface area contributed by atoms with E-state index in [0.717, 1.165) is 6.07 Å². The van der Waals surface area contributed by atoms with Crippen molar-refractivity contribution in [3.05, 3.63) is 82.5 Å². The van der Waals surface area contributed by atoms with Crippen LogP contribution in [0.3, 0.4) is 0 Å². The molecule has 2 bridgehead atoms. The first kappa shape index (κ1) is 44.8. The standard InChI is InChI=1S/C41H53N3O12/c1-22-17-28-33(44-40(51)54-21-26-13-15-27(16-14-26)55-38(49)41(5,6)7)30(45)20-29(35(28)47)43-37(48)23(2)11-10-12-31(52-8)36(56-39(42)50)25(4)19-24(3)34(46)32(18-22)53-9/h10-17,19-20,24,31-32,34,36,45-47H,18,21H2,1-9H3,(H2,42,50)(H,43,48)(H,44,51)/t24-,31-,32-,34+,36-/m0/s1. The molecule has 0 saturated carbocycles. The molecule has 3 rings (SSSR count). The third kappa shape index (κ3) is 12.4. The summed E-state index contributed by atoms with van der Waals surface area (Å²) in [5.41, 5.74) is 6.05. The largest absolute Gasteiger partial charge is 0.506 e. The molecule has 2 aromatic rings. The van der Waals surface area contributed by atoms with Gasteiger partial charge in [0.25, 0.3) is 5.91 Å². The summed E-state index contributed by atoms with van der Waals surface area (Å²) in [6.45, 7) is 11.7. The highest BCUT2D eigenvalue weighted by molar-refractivity contribution is 6.06. The lowest BCUT2D eigenvalue weighted by Gasteiger charge is -2.28. The molecule has 0 fully saturated rings. The number of amides is 3. The molecule has 3 amide bonds. The molecule has 15 heteroatoms. The van der Waals surface area contributed by atoms with Gasteiger partial charge < -0.3 is 50.1 Å². The van der Waals surface area contributed by atoms with Crippen molar-refractivity contribution in [1.29, 1.82) is 0 Å². The van der Waals surface area contributed by atoms with Crippen LogP contribution in [0.15, 0.2) is 71.4 Å². The third-order valence-electron chi connectivity index (χ3n) is 8.84. The van der Waals surface area contributed by atoms with Gasteiger partial charge in [0.2, 0.25) is 0 Å². The van der Waals surface area contributed by atoms with E-state index in [-0.39, 0.29) is 35.5 Å². The highest BCUT2D eigenvalue weighted by Gasteiger charge is 2.29. The second-order valence-corrected chi connectivity index (χ2v) is 14.5. The Labute approximate surface area is 326 Å². The highest BCUT2D eigenvalue weighted by Crippen LogP contribution is 2.42. The zero-order valence-electron chi connectivity index (χ0n) is 33.2. The van der Waals surface area contributed by atoms with Gasteiger partial charge in [0, 0.05) is 37.3 Å². The summed E-state index contributed by atoms with van der Waals surface area (Å²) in [7, 11) is 2.83. The predicted octanol–water partition coefficient (Wildman–Crippen LogP) is 6.48. The summed E-state index contributed by atoms with van der Waals surface area (Å²) in [6, 6.07) is 7.45. The third-order valence-corrected chi connectivity index (χ3v) is 8.84. The van der Waals surface area contributed by atoms with Gasteiger partial charge in [-0.3, -0.25) is 14.9 Å². The molecule has 0 saturated heterocycles. The Morgan fingerprint density at radius 1 is 1.04 bits per heavy atom. The monoisotopic (exact) mass is 779 g/mol. The number of nitrogens with two attached hydrogens (primary N) is 1. The van der Waals surface area contributed by atoms with Gasteiger partial charge in [-0.05, 0) is 77.3 Å². The fraction of sp³-hybridized carbons (Fsp3) is 0.415. The van der Waals surface area contributed by atoms with Gasteiger partial charge in [0.05, 0.1) is 29.0 Å². The van der Waals surface area contributed by atoms with E-state index in [9.17, 15) is 34.5 Å². The number of fused-ring (bicyclic) bond motifs is 2. The number of phenols is 2. The zero-order chi connectivity index (χ0) is 41.9. The maximum atomic E-state index is 13.2. The van der Waals surface area contributed by atoms with Crippen molar-refractivity contribution >= 4 is 41.5 Å². The van der Waals surface area contributed by atoms with Crippen LogP contribution in [0.5, 0.6) is 17.2 Å². The lowest BCUT2D eigenvalue weighted by molar-refractivity contribution is -0.143. The lowest BCUT2D eigenvalue weighted by atomic mass is 9.91. The van der Waals surface area contributed by atoms with Crippen molar-refractivity contribution in [3.63, 3.8) is 0 Å². The summed E-state index contributed by atoms with van der Waals surface area (Å²) in [4.78, 5) is 50.4. The molecule has 2 aromatic carbocycles. The average molecular weight is 780 g/mol. The summed E-state index contributed by atoms with van der Waals surface area (Å²) >= 11 is 0. The average Bonchev–Trinajstić information content (AvgIpc) is 3.13. The van der Waals surface area contributed by atoms with Crippen LogP contribution in [0.1, 0.15) is 66.0 Å². The van der Waals surface area contributed by atoms with Crippen molar-refractivity contribution in [1.82, 2.24) is 0 Å². The number of aliphatic hydroxyl groups excluding tert-OH is 1. The highest BCUT2D eigenvalue weighted by atomic mass is 16.6. The van der Waals surface area contributed by atoms with E-state index in [2.05, 4.69) is 10.6 Å². The van der Waals surface area contributed by atoms with Gasteiger partial charge in [-0.2, -0.15) is 0 Å². The maximum absolute atomic E-state index is 13.2. The van der Waals surface area contributed by atoms with Gasteiger partial charge in [-0.1, -0.05) is 48.9 Å². The minimum Gasteiger partial charge on any atom is -0.506 e. The molecule has 1 heterocycles. The fourth-order valence-corrected chi connectivity index (χ4v) is 5.61. The number of aromatic hydroxyl groups is 2. The van der Waals surface area contributed by atoms with Gasteiger partial charge in [-0.25, -0.2) is 9.59 Å². The summed E-state index contributed by atoms with van der Waals surface area (Å²) < 4.78 is 27.4. The first-order valence-corrected chi connectivity index (χ1v) is 17.8. The Kier molecular flexibility index (Phi) is 15.8. The lowest BCUT2D eigenvalue weighted by Crippen LogP contribution is -2.36. The van der Waals surface area contributed by atoms with Gasteiger partial charge in [0.15, 0.2) is 6.10 Å². The Morgan fingerprint density at radius 3 is 2.29 bits per heavy atom.